The van der Waals surface area contributed by atoms with Crippen LogP contribution in [0.1, 0.15) is 23.8 Å². The molecule has 2 aliphatic rings. The fourth-order valence-corrected chi connectivity index (χ4v) is 3.56. The van der Waals surface area contributed by atoms with E-state index >= 15 is 0 Å². The average molecular weight is 309 g/mol. The van der Waals surface area contributed by atoms with E-state index in [0.717, 1.165) is 24.3 Å². The molecule has 2 N–H and O–H groups in total. The number of rotatable bonds is 3. The second-order valence-corrected chi connectivity index (χ2v) is 6.20. The van der Waals surface area contributed by atoms with Crippen molar-refractivity contribution in [3.63, 3.8) is 0 Å². The molecule has 3 rings (SSSR count). The number of hydrogen-bond acceptors (Lipinski definition) is 4. The lowest BCUT2D eigenvalue weighted by Crippen LogP contribution is -2.55. The Morgan fingerprint density at radius 1 is 1.57 bits per heavy atom. The number of thiophene rings is 1. The van der Waals surface area contributed by atoms with Gasteiger partial charge in [-0.15, -0.1) is 11.3 Å². The van der Waals surface area contributed by atoms with Crippen LogP contribution in [0.5, 0.6) is 0 Å². The molecular formula is C14H19N3O3S. The predicted octanol–water partition coefficient (Wildman–Crippen LogP) is 1.11. The molecule has 0 aromatic carbocycles. The Balaban J connectivity index is 1.65. The minimum absolute atomic E-state index is 0.104. The Morgan fingerprint density at radius 3 is 3.19 bits per heavy atom. The van der Waals surface area contributed by atoms with Crippen LogP contribution in [-0.4, -0.2) is 49.2 Å². The van der Waals surface area contributed by atoms with Gasteiger partial charge in [-0.3, -0.25) is 4.79 Å². The van der Waals surface area contributed by atoms with Crippen molar-refractivity contribution in [1.29, 1.82) is 0 Å². The van der Waals surface area contributed by atoms with Crippen LogP contribution < -0.4 is 10.6 Å². The van der Waals surface area contributed by atoms with Crippen LogP contribution >= 0.6 is 11.3 Å². The highest BCUT2D eigenvalue weighted by Gasteiger charge is 2.35. The van der Waals surface area contributed by atoms with Gasteiger partial charge in [-0.2, -0.15) is 0 Å². The van der Waals surface area contributed by atoms with E-state index < -0.39 is 6.04 Å². The van der Waals surface area contributed by atoms with Crippen molar-refractivity contribution in [1.82, 2.24) is 15.5 Å². The smallest absolute Gasteiger partial charge is 0.318 e. The molecule has 0 radical (unpaired) electrons. The van der Waals surface area contributed by atoms with Gasteiger partial charge in [0, 0.05) is 31.1 Å². The van der Waals surface area contributed by atoms with E-state index in [1.165, 1.54) is 11.3 Å². The molecule has 21 heavy (non-hydrogen) atoms. The fourth-order valence-electron chi connectivity index (χ4n) is 2.72. The number of hydrogen-bond donors (Lipinski definition) is 2. The molecule has 2 atom stereocenters. The van der Waals surface area contributed by atoms with Crippen LogP contribution in [0, 0.1) is 0 Å². The van der Waals surface area contributed by atoms with E-state index in [1.807, 2.05) is 17.5 Å². The van der Waals surface area contributed by atoms with Gasteiger partial charge in [0.2, 0.25) is 5.91 Å². The Kier molecular flexibility index (Phi) is 4.40. The number of nitrogens with zero attached hydrogens (tertiary/aromatic N) is 1. The summed E-state index contributed by atoms with van der Waals surface area (Å²) in [5, 5.41) is 7.63. The Morgan fingerprint density at radius 2 is 2.48 bits per heavy atom. The van der Waals surface area contributed by atoms with Gasteiger partial charge >= 0.3 is 6.03 Å². The maximum Gasteiger partial charge on any atom is 0.318 e. The molecule has 1 aromatic rings. The largest absolute Gasteiger partial charge is 0.376 e. The van der Waals surface area contributed by atoms with Gasteiger partial charge in [-0.25, -0.2) is 4.79 Å². The van der Waals surface area contributed by atoms with Crippen LogP contribution in [-0.2, 0) is 9.53 Å². The van der Waals surface area contributed by atoms with E-state index in [4.69, 9.17) is 4.74 Å². The van der Waals surface area contributed by atoms with Crippen molar-refractivity contribution in [3.8, 4) is 0 Å². The zero-order chi connectivity index (χ0) is 14.7. The molecule has 0 saturated carbocycles. The van der Waals surface area contributed by atoms with Crippen LogP contribution in [0.25, 0.3) is 0 Å². The molecule has 2 aliphatic heterocycles. The molecule has 3 amide bonds. The van der Waals surface area contributed by atoms with Gasteiger partial charge in [0.1, 0.15) is 6.04 Å². The number of nitrogens with one attached hydrogen (secondary N) is 2. The molecule has 0 aliphatic carbocycles. The van der Waals surface area contributed by atoms with Gasteiger partial charge in [-0.05, 0) is 24.3 Å². The number of carbonyl (C=O) groups excluding carboxylic acids is 2. The molecule has 2 fully saturated rings. The summed E-state index contributed by atoms with van der Waals surface area (Å²) < 4.78 is 5.50. The topological polar surface area (TPSA) is 70.7 Å². The molecule has 2 saturated heterocycles. The molecule has 0 unspecified atom stereocenters. The van der Waals surface area contributed by atoms with Gasteiger partial charge in [0.25, 0.3) is 0 Å². The maximum atomic E-state index is 12.4. The van der Waals surface area contributed by atoms with Crippen molar-refractivity contribution in [2.75, 3.05) is 26.2 Å². The minimum Gasteiger partial charge on any atom is -0.376 e. The van der Waals surface area contributed by atoms with Gasteiger partial charge < -0.3 is 20.3 Å². The Bertz CT molecular complexity index is 500. The highest BCUT2D eigenvalue weighted by atomic mass is 32.1. The molecule has 114 valence electrons. The first-order chi connectivity index (χ1) is 10.3. The molecule has 0 spiro atoms. The lowest BCUT2D eigenvalue weighted by Gasteiger charge is -2.34. The van der Waals surface area contributed by atoms with Crippen molar-refractivity contribution in [2.45, 2.75) is 25.0 Å². The normalized spacial score (nSPS) is 25.7. The molecule has 6 nitrogen and oxygen atoms in total. The summed E-state index contributed by atoms with van der Waals surface area (Å²) in [6, 6.07) is 3.06. The molecule has 3 heterocycles. The van der Waals surface area contributed by atoms with Crippen LogP contribution in [0.15, 0.2) is 17.5 Å². The first kappa shape index (κ1) is 14.3. The lowest BCUT2D eigenvalue weighted by molar-refractivity contribution is -0.127. The standard InChI is InChI=1S/C14H19N3O3S/c18-13-12(11-4-2-8-21-11)17(6-5-15-13)14(19)16-9-10-3-1-7-20-10/h2,4,8,10,12H,1,3,5-7,9H2,(H,15,18)(H,16,19)/t10-,12-/m1/s1. The molecule has 7 heteroatoms. The van der Waals surface area contributed by atoms with E-state index in [2.05, 4.69) is 10.6 Å². The number of amides is 3. The molecular weight excluding hydrogens is 290 g/mol. The summed E-state index contributed by atoms with van der Waals surface area (Å²) in [4.78, 5) is 27.0. The predicted molar refractivity (Wildman–Crippen MR) is 79.1 cm³/mol. The van der Waals surface area contributed by atoms with Gasteiger partial charge in [-0.1, -0.05) is 6.07 Å². The first-order valence-electron chi connectivity index (χ1n) is 7.23. The maximum absolute atomic E-state index is 12.4. The van der Waals surface area contributed by atoms with Crippen molar-refractivity contribution in [2.24, 2.45) is 0 Å². The third-order valence-corrected chi connectivity index (χ3v) is 4.72. The Labute approximate surface area is 127 Å². The number of carbonyl (C=O) groups is 2. The zero-order valence-electron chi connectivity index (χ0n) is 11.7. The quantitative estimate of drug-likeness (QED) is 0.879. The lowest BCUT2D eigenvalue weighted by atomic mass is 10.1. The van der Waals surface area contributed by atoms with Gasteiger partial charge in [0.05, 0.1) is 6.10 Å². The van der Waals surface area contributed by atoms with Crippen LogP contribution in [0.4, 0.5) is 4.79 Å². The minimum atomic E-state index is -0.525. The van der Waals surface area contributed by atoms with Crippen LogP contribution in [0.2, 0.25) is 0 Å². The number of piperazine rings is 1. The van der Waals surface area contributed by atoms with Crippen molar-refractivity contribution < 1.29 is 14.3 Å². The number of urea groups is 1. The summed E-state index contributed by atoms with van der Waals surface area (Å²) in [5.74, 6) is -0.115. The fraction of sp³-hybridized carbons (Fsp3) is 0.571. The average Bonchev–Trinajstić information content (AvgIpc) is 3.17. The van der Waals surface area contributed by atoms with Crippen molar-refractivity contribution >= 4 is 23.3 Å². The van der Waals surface area contributed by atoms with Gasteiger partial charge in [0.15, 0.2) is 0 Å². The third kappa shape index (κ3) is 3.19. The third-order valence-electron chi connectivity index (χ3n) is 3.79. The summed E-state index contributed by atoms with van der Waals surface area (Å²) in [7, 11) is 0. The highest BCUT2D eigenvalue weighted by Crippen LogP contribution is 2.27. The summed E-state index contributed by atoms with van der Waals surface area (Å²) in [5.41, 5.74) is 0. The van der Waals surface area contributed by atoms with Crippen molar-refractivity contribution in [3.05, 3.63) is 22.4 Å². The first-order valence-corrected chi connectivity index (χ1v) is 8.11. The molecule has 1 aromatic heterocycles. The summed E-state index contributed by atoms with van der Waals surface area (Å²) in [6.45, 7) is 2.29. The second kappa shape index (κ2) is 6.44. The monoisotopic (exact) mass is 309 g/mol. The molecule has 0 bridgehead atoms. The Hall–Kier alpha value is -1.60. The van der Waals surface area contributed by atoms with E-state index in [9.17, 15) is 9.59 Å². The van der Waals surface area contributed by atoms with E-state index in [0.29, 0.717) is 19.6 Å². The van der Waals surface area contributed by atoms with Crippen LogP contribution in [0.3, 0.4) is 0 Å². The van der Waals surface area contributed by atoms with E-state index in [-0.39, 0.29) is 18.0 Å². The zero-order valence-corrected chi connectivity index (χ0v) is 12.5. The number of ether oxygens (including phenoxy) is 1. The SMILES string of the molecule is O=C1NCCN(C(=O)NC[C@H]2CCCO2)[C@@H]1c1cccs1. The van der Waals surface area contributed by atoms with E-state index in [1.54, 1.807) is 4.90 Å². The summed E-state index contributed by atoms with van der Waals surface area (Å²) in [6.07, 6.45) is 2.13. The highest BCUT2D eigenvalue weighted by molar-refractivity contribution is 7.10. The summed E-state index contributed by atoms with van der Waals surface area (Å²) >= 11 is 1.49. The second-order valence-electron chi connectivity index (χ2n) is 5.22.